The molecule has 1 N–H and O–H groups in total. The monoisotopic (exact) mass is 239 g/mol. The van der Waals surface area contributed by atoms with E-state index in [9.17, 15) is 0 Å². The highest BCUT2D eigenvalue weighted by Crippen LogP contribution is 2.29. The van der Waals surface area contributed by atoms with E-state index < -0.39 is 0 Å². The van der Waals surface area contributed by atoms with Crippen molar-refractivity contribution in [2.45, 2.75) is 19.4 Å². The number of rotatable bonds is 3. The predicted octanol–water partition coefficient (Wildman–Crippen LogP) is 2.09. The fraction of sp³-hybridized carbons (Fsp3) is 0.583. The van der Waals surface area contributed by atoms with Gasteiger partial charge in [-0.15, -0.1) is 0 Å². The highest BCUT2D eigenvalue weighted by Gasteiger charge is 2.22. The first-order valence-corrected chi connectivity index (χ1v) is 6.25. The molecule has 0 spiro atoms. The van der Waals surface area contributed by atoms with Gasteiger partial charge in [-0.25, -0.2) is 0 Å². The Kier molecular flexibility index (Phi) is 4.16. The summed E-state index contributed by atoms with van der Waals surface area (Å²) in [5, 5.41) is 4.16. The van der Waals surface area contributed by atoms with Crippen LogP contribution in [0, 0.1) is 0 Å². The van der Waals surface area contributed by atoms with Crippen LogP contribution in [0.5, 0.6) is 0 Å². The molecular weight excluding hydrogens is 222 g/mol. The van der Waals surface area contributed by atoms with Crippen LogP contribution >= 0.6 is 11.6 Å². The second-order valence-electron chi connectivity index (χ2n) is 4.11. The lowest BCUT2D eigenvalue weighted by Crippen LogP contribution is -2.45. The standard InChI is InChI=1S/C12H18ClN3/c1-2-12(16-7-5-14-6-8-16)10-3-4-15-9-11(10)13/h3-4,9,12,14H,2,5-8H2,1H3/t12-/m1/s1. The summed E-state index contributed by atoms with van der Waals surface area (Å²) in [7, 11) is 0. The Morgan fingerprint density at radius 3 is 2.88 bits per heavy atom. The topological polar surface area (TPSA) is 28.2 Å². The maximum absolute atomic E-state index is 6.21. The average molecular weight is 240 g/mol. The summed E-state index contributed by atoms with van der Waals surface area (Å²) >= 11 is 6.21. The maximum atomic E-state index is 6.21. The third kappa shape index (κ3) is 2.54. The van der Waals surface area contributed by atoms with E-state index >= 15 is 0 Å². The molecule has 2 heterocycles. The molecular formula is C12H18ClN3. The minimum Gasteiger partial charge on any atom is -0.314 e. The minimum absolute atomic E-state index is 0.428. The van der Waals surface area contributed by atoms with Crippen molar-refractivity contribution < 1.29 is 0 Å². The van der Waals surface area contributed by atoms with Crippen LogP contribution in [-0.4, -0.2) is 36.1 Å². The second-order valence-corrected chi connectivity index (χ2v) is 4.51. The van der Waals surface area contributed by atoms with E-state index in [0.717, 1.165) is 37.6 Å². The lowest BCUT2D eigenvalue weighted by Gasteiger charge is -2.35. The van der Waals surface area contributed by atoms with Crippen molar-refractivity contribution in [2.24, 2.45) is 0 Å². The molecule has 1 atom stereocenters. The molecule has 0 bridgehead atoms. The molecule has 1 saturated heterocycles. The van der Waals surface area contributed by atoms with Gasteiger partial charge in [0.25, 0.3) is 0 Å². The molecule has 0 aliphatic carbocycles. The number of nitrogens with zero attached hydrogens (tertiary/aromatic N) is 2. The van der Waals surface area contributed by atoms with Crippen molar-refractivity contribution in [1.82, 2.24) is 15.2 Å². The smallest absolute Gasteiger partial charge is 0.0637 e. The summed E-state index contributed by atoms with van der Waals surface area (Å²) in [4.78, 5) is 6.54. The minimum atomic E-state index is 0.428. The fourth-order valence-electron chi connectivity index (χ4n) is 2.32. The summed E-state index contributed by atoms with van der Waals surface area (Å²) < 4.78 is 0. The molecule has 0 aromatic carbocycles. The summed E-state index contributed by atoms with van der Waals surface area (Å²) in [6, 6.07) is 2.47. The van der Waals surface area contributed by atoms with E-state index in [4.69, 9.17) is 11.6 Å². The van der Waals surface area contributed by atoms with Crippen LogP contribution in [0.4, 0.5) is 0 Å². The van der Waals surface area contributed by atoms with Crippen molar-refractivity contribution in [1.29, 1.82) is 0 Å². The van der Waals surface area contributed by atoms with E-state index in [2.05, 4.69) is 22.1 Å². The summed E-state index contributed by atoms with van der Waals surface area (Å²) in [5.74, 6) is 0. The Morgan fingerprint density at radius 2 is 2.25 bits per heavy atom. The van der Waals surface area contributed by atoms with Gasteiger partial charge >= 0.3 is 0 Å². The molecule has 4 heteroatoms. The number of aromatic nitrogens is 1. The Bertz CT molecular complexity index is 337. The van der Waals surface area contributed by atoms with E-state index in [-0.39, 0.29) is 0 Å². The highest BCUT2D eigenvalue weighted by atomic mass is 35.5. The van der Waals surface area contributed by atoms with Crippen LogP contribution < -0.4 is 5.32 Å². The summed E-state index contributed by atoms with van der Waals surface area (Å²) in [6.07, 6.45) is 4.65. The van der Waals surface area contributed by atoms with Gasteiger partial charge in [0.1, 0.15) is 0 Å². The molecule has 1 fully saturated rings. The van der Waals surface area contributed by atoms with E-state index in [1.54, 1.807) is 6.20 Å². The van der Waals surface area contributed by atoms with Gasteiger partial charge in [0, 0.05) is 44.6 Å². The first-order valence-electron chi connectivity index (χ1n) is 5.87. The average Bonchev–Trinajstić information content (AvgIpc) is 2.34. The lowest BCUT2D eigenvalue weighted by molar-refractivity contribution is 0.169. The van der Waals surface area contributed by atoms with Gasteiger partial charge in [0.2, 0.25) is 0 Å². The molecule has 3 nitrogen and oxygen atoms in total. The summed E-state index contributed by atoms with van der Waals surface area (Å²) in [5.41, 5.74) is 1.21. The van der Waals surface area contributed by atoms with Crippen LogP contribution in [0.2, 0.25) is 5.02 Å². The summed E-state index contributed by atoms with van der Waals surface area (Å²) in [6.45, 7) is 6.54. The van der Waals surface area contributed by atoms with Crippen molar-refractivity contribution in [3.63, 3.8) is 0 Å². The third-order valence-corrected chi connectivity index (χ3v) is 3.46. The van der Waals surface area contributed by atoms with E-state index in [1.807, 2.05) is 12.3 Å². The van der Waals surface area contributed by atoms with Crippen LogP contribution in [0.15, 0.2) is 18.5 Å². The fourth-order valence-corrected chi connectivity index (χ4v) is 2.57. The lowest BCUT2D eigenvalue weighted by atomic mass is 10.0. The Hall–Kier alpha value is -0.640. The van der Waals surface area contributed by atoms with Gasteiger partial charge < -0.3 is 5.32 Å². The molecule has 88 valence electrons. The van der Waals surface area contributed by atoms with Gasteiger partial charge in [-0.3, -0.25) is 9.88 Å². The van der Waals surface area contributed by atoms with Crippen molar-refractivity contribution in [3.8, 4) is 0 Å². The first-order chi connectivity index (χ1) is 7.83. The number of hydrogen-bond donors (Lipinski definition) is 1. The van der Waals surface area contributed by atoms with Gasteiger partial charge in [-0.2, -0.15) is 0 Å². The third-order valence-electron chi connectivity index (χ3n) is 3.14. The van der Waals surface area contributed by atoms with Gasteiger partial charge in [-0.1, -0.05) is 18.5 Å². The molecule has 0 amide bonds. The molecule has 0 unspecified atom stereocenters. The zero-order chi connectivity index (χ0) is 11.4. The van der Waals surface area contributed by atoms with Crippen molar-refractivity contribution in [3.05, 3.63) is 29.0 Å². The number of hydrogen-bond acceptors (Lipinski definition) is 3. The largest absolute Gasteiger partial charge is 0.314 e. The zero-order valence-electron chi connectivity index (χ0n) is 9.62. The molecule has 1 aliphatic rings. The molecule has 0 radical (unpaired) electrons. The van der Waals surface area contributed by atoms with Crippen LogP contribution in [0.1, 0.15) is 24.9 Å². The molecule has 0 saturated carbocycles. The number of piperazine rings is 1. The normalized spacial score (nSPS) is 19.6. The van der Waals surface area contributed by atoms with Gasteiger partial charge in [0.05, 0.1) is 5.02 Å². The van der Waals surface area contributed by atoms with E-state index in [0.29, 0.717) is 6.04 Å². The zero-order valence-corrected chi connectivity index (χ0v) is 10.4. The van der Waals surface area contributed by atoms with Crippen LogP contribution in [0.3, 0.4) is 0 Å². The van der Waals surface area contributed by atoms with Gasteiger partial charge in [-0.05, 0) is 18.1 Å². The molecule has 2 rings (SSSR count). The second kappa shape index (κ2) is 5.62. The number of pyridine rings is 1. The Morgan fingerprint density at radius 1 is 1.50 bits per heavy atom. The maximum Gasteiger partial charge on any atom is 0.0637 e. The number of nitrogens with one attached hydrogen (secondary N) is 1. The van der Waals surface area contributed by atoms with Crippen molar-refractivity contribution >= 4 is 11.6 Å². The first kappa shape index (κ1) is 11.8. The van der Waals surface area contributed by atoms with Crippen molar-refractivity contribution in [2.75, 3.05) is 26.2 Å². The molecule has 1 aromatic heterocycles. The predicted molar refractivity (Wildman–Crippen MR) is 66.7 cm³/mol. The van der Waals surface area contributed by atoms with Gasteiger partial charge in [0.15, 0.2) is 0 Å². The molecule has 16 heavy (non-hydrogen) atoms. The van der Waals surface area contributed by atoms with E-state index in [1.165, 1.54) is 5.56 Å². The van der Waals surface area contributed by atoms with Crippen LogP contribution in [0.25, 0.3) is 0 Å². The quantitative estimate of drug-likeness (QED) is 0.876. The van der Waals surface area contributed by atoms with Crippen LogP contribution in [-0.2, 0) is 0 Å². The highest BCUT2D eigenvalue weighted by molar-refractivity contribution is 6.31. The Labute approximate surface area is 102 Å². The Balaban J connectivity index is 2.18. The number of halogens is 1. The SMILES string of the molecule is CC[C@H](c1ccncc1Cl)N1CCNCC1. The molecule has 1 aromatic rings. The molecule has 1 aliphatic heterocycles.